The molecule has 2 aromatic carbocycles. The van der Waals surface area contributed by atoms with Gasteiger partial charge < -0.3 is 0 Å². The van der Waals surface area contributed by atoms with Crippen LogP contribution in [0.15, 0.2) is 65.6 Å². The normalized spacial score (nSPS) is 31.6. The molecule has 0 heterocycles. The van der Waals surface area contributed by atoms with E-state index >= 15 is 0 Å². The maximum Gasteiger partial charge on any atom is 0.184 e. The van der Waals surface area contributed by atoms with Gasteiger partial charge in [0.15, 0.2) is 9.84 Å². The van der Waals surface area contributed by atoms with Crippen LogP contribution in [0.25, 0.3) is 0 Å². The topological polar surface area (TPSA) is 34.1 Å². The lowest BCUT2D eigenvalue weighted by atomic mass is 10.0. The number of sulfone groups is 1. The minimum atomic E-state index is -3.19. The Morgan fingerprint density at radius 2 is 1.47 bits per heavy atom. The molecular formula is C16H14O2S. The Labute approximate surface area is 113 Å². The smallest absolute Gasteiger partial charge is 0.184 e. The Bertz CT molecular complexity index is 722. The third kappa shape index (κ3) is 1.34. The molecule has 0 unspecified atom stereocenters. The van der Waals surface area contributed by atoms with E-state index < -0.39 is 14.6 Å². The fourth-order valence-corrected chi connectivity index (χ4v) is 5.79. The lowest BCUT2D eigenvalue weighted by Crippen LogP contribution is -2.18. The number of hydrogen-bond donors (Lipinski definition) is 0. The average molecular weight is 270 g/mol. The highest BCUT2D eigenvalue weighted by Gasteiger charge is 2.85. The number of fused-ring (bicyclic) bond motifs is 1. The summed E-state index contributed by atoms with van der Waals surface area (Å²) in [4.78, 5) is 0.468. The highest BCUT2D eigenvalue weighted by atomic mass is 32.2. The largest absolute Gasteiger partial charge is 0.223 e. The molecule has 0 radical (unpaired) electrons. The summed E-state index contributed by atoms with van der Waals surface area (Å²) in [6.45, 7) is 0. The van der Waals surface area contributed by atoms with Gasteiger partial charge in [0.2, 0.25) is 0 Å². The van der Waals surface area contributed by atoms with Gasteiger partial charge >= 0.3 is 0 Å². The molecule has 3 heteroatoms. The third-order valence-electron chi connectivity index (χ3n) is 4.54. The first-order chi connectivity index (χ1) is 9.18. The third-order valence-corrected chi connectivity index (χ3v) is 7.16. The Hall–Kier alpha value is -1.61. The van der Waals surface area contributed by atoms with Gasteiger partial charge in [0, 0.05) is 5.92 Å². The molecule has 2 saturated carbocycles. The van der Waals surface area contributed by atoms with Gasteiger partial charge in [0.25, 0.3) is 0 Å². The molecule has 0 spiro atoms. The van der Waals surface area contributed by atoms with Crippen molar-refractivity contribution in [2.75, 3.05) is 0 Å². The van der Waals surface area contributed by atoms with Gasteiger partial charge in [-0.1, -0.05) is 48.5 Å². The Morgan fingerprint density at radius 3 is 2.05 bits per heavy atom. The quantitative estimate of drug-likeness (QED) is 0.859. The van der Waals surface area contributed by atoms with E-state index in [4.69, 9.17) is 0 Å². The summed E-state index contributed by atoms with van der Waals surface area (Å²) in [5.41, 5.74) is 1.17. The van der Waals surface area contributed by atoms with E-state index in [1.807, 2.05) is 36.4 Å². The van der Waals surface area contributed by atoms with E-state index in [1.54, 1.807) is 24.3 Å². The van der Waals surface area contributed by atoms with Gasteiger partial charge in [-0.15, -0.1) is 0 Å². The lowest BCUT2D eigenvalue weighted by molar-refractivity contribution is 0.583. The van der Waals surface area contributed by atoms with E-state index in [-0.39, 0.29) is 5.92 Å². The van der Waals surface area contributed by atoms with E-state index in [9.17, 15) is 8.42 Å². The zero-order valence-corrected chi connectivity index (χ0v) is 11.2. The van der Waals surface area contributed by atoms with Gasteiger partial charge in [-0.2, -0.15) is 0 Å². The maximum absolute atomic E-state index is 12.7. The first-order valence-electron chi connectivity index (χ1n) is 6.52. The molecule has 0 aromatic heterocycles. The zero-order valence-electron chi connectivity index (χ0n) is 10.4. The predicted molar refractivity (Wildman–Crippen MR) is 73.6 cm³/mol. The van der Waals surface area contributed by atoms with Gasteiger partial charge in [-0.25, -0.2) is 8.42 Å². The molecule has 2 aromatic rings. The molecule has 2 aliphatic carbocycles. The standard InChI is InChI=1S/C16H14O2S/c17-19(18,13-9-5-2-6-10-13)16-11-14(16)15(16)12-7-3-1-4-8-12/h1-10,14-15H,11H2/t14-,15-,16+/m1/s1. The number of hydrogen-bond acceptors (Lipinski definition) is 2. The van der Waals surface area contributed by atoms with Crippen molar-refractivity contribution < 1.29 is 8.42 Å². The zero-order chi connectivity index (χ0) is 13.1. The van der Waals surface area contributed by atoms with Gasteiger partial charge in [0.1, 0.15) is 0 Å². The molecule has 2 fully saturated rings. The van der Waals surface area contributed by atoms with Crippen LogP contribution in [0.5, 0.6) is 0 Å². The summed E-state index contributed by atoms with van der Waals surface area (Å²) in [6.07, 6.45) is 0.823. The monoisotopic (exact) mass is 270 g/mol. The first-order valence-corrected chi connectivity index (χ1v) is 8.01. The van der Waals surface area contributed by atoms with Crippen molar-refractivity contribution in [3.8, 4) is 0 Å². The summed E-state index contributed by atoms with van der Waals surface area (Å²) in [5, 5.41) is 0. The van der Waals surface area contributed by atoms with E-state index in [2.05, 4.69) is 0 Å². The molecule has 3 atom stereocenters. The minimum absolute atomic E-state index is 0.207. The van der Waals surface area contributed by atoms with Crippen molar-refractivity contribution in [1.82, 2.24) is 0 Å². The first kappa shape index (κ1) is 11.2. The Kier molecular flexibility index (Phi) is 2.06. The van der Waals surface area contributed by atoms with Crippen LogP contribution in [0.1, 0.15) is 17.9 Å². The van der Waals surface area contributed by atoms with Crippen LogP contribution in [-0.2, 0) is 9.84 Å². The summed E-state index contributed by atoms with van der Waals surface area (Å²) in [5.74, 6) is 0.541. The van der Waals surface area contributed by atoms with Crippen molar-refractivity contribution in [3.63, 3.8) is 0 Å². The Balaban J connectivity index is 1.73. The SMILES string of the molecule is O=S(=O)(c1ccccc1)[C@@]12C[C@@H]1[C@H]2c1ccccc1. The number of benzene rings is 2. The van der Waals surface area contributed by atoms with Crippen LogP contribution in [0, 0.1) is 5.92 Å². The molecular weight excluding hydrogens is 256 g/mol. The Morgan fingerprint density at radius 1 is 0.895 bits per heavy atom. The molecule has 0 bridgehead atoms. The average Bonchev–Trinajstić information content (AvgIpc) is 3.30. The second-order valence-corrected chi connectivity index (χ2v) is 7.71. The van der Waals surface area contributed by atoms with Crippen LogP contribution < -0.4 is 0 Å². The summed E-state index contributed by atoms with van der Waals surface area (Å²) < 4.78 is 25.0. The van der Waals surface area contributed by atoms with Crippen LogP contribution in [0.3, 0.4) is 0 Å². The highest BCUT2D eigenvalue weighted by molar-refractivity contribution is 7.93. The predicted octanol–water partition coefficient (Wildman–Crippen LogP) is 3.02. The summed E-state index contributed by atoms with van der Waals surface area (Å²) in [7, 11) is -3.19. The van der Waals surface area contributed by atoms with Crippen LogP contribution in [-0.4, -0.2) is 13.2 Å². The minimum Gasteiger partial charge on any atom is -0.223 e. The second-order valence-electron chi connectivity index (χ2n) is 5.47. The maximum atomic E-state index is 12.7. The van der Waals surface area contributed by atoms with Crippen molar-refractivity contribution >= 4 is 9.84 Å². The molecule has 4 rings (SSSR count). The van der Waals surface area contributed by atoms with Crippen molar-refractivity contribution in [3.05, 3.63) is 66.2 Å². The second kappa shape index (κ2) is 3.48. The molecule has 0 N–H and O–H groups in total. The van der Waals surface area contributed by atoms with Gasteiger partial charge in [0.05, 0.1) is 9.64 Å². The summed E-state index contributed by atoms with van der Waals surface area (Å²) >= 11 is 0. The fourth-order valence-electron chi connectivity index (χ4n) is 3.33. The van der Waals surface area contributed by atoms with E-state index in [0.717, 1.165) is 6.42 Å². The molecule has 19 heavy (non-hydrogen) atoms. The van der Waals surface area contributed by atoms with E-state index in [0.29, 0.717) is 10.8 Å². The number of rotatable bonds is 3. The summed E-state index contributed by atoms with van der Waals surface area (Å²) in [6, 6.07) is 18.9. The van der Waals surface area contributed by atoms with Crippen LogP contribution >= 0.6 is 0 Å². The van der Waals surface area contributed by atoms with Gasteiger partial charge in [-0.3, -0.25) is 0 Å². The molecule has 0 amide bonds. The van der Waals surface area contributed by atoms with Crippen LogP contribution in [0.2, 0.25) is 0 Å². The van der Waals surface area contributed by atoms with Gasteiger partial charge in [-0.05, 0) is 30.0 Å². The molecule has 2 aliphatic rings. The molecule has 0 aliphatic heterocycles. The van der Waals surface area contributed by atoms with Crippen molar-refractivity contribution in [2.24, 2.45) is 5.92 Å². The van der Waals surface area contributed by atoms with Crippen molar-refractivity contribution in [1.29, 1.82) is 0 Å². The molecule has 2 nitrogen and oxygen atoms in total. The van der Waals surface area contributed by atoms with Crippen LogP contribution in [0.4, 0.5) is 0 Å². The highest BCUT2D eigenvalue weighted by Crippen LogP contribution is 2.81. The van der Waals surface area contributed by atoms with E-state index in [1.165, 1.54) is 5.56 Å². The van der Waals surface area contributed by atoms with Crippen molar-refractivity contribution in [2.45, 2.75) is 22.0 Å². The molecule has 0 saturated heterocycles. The molecule has 96 valence electrons. The lowest BCUT2D eigenvalue weighted by Gasteiger charge is -2.13. The fraction of sp³-hybridized carbons (Fsp3) is 0.250.